The molecular formula is C11H10N4. The average Bonchev–Trinajstić information content (AvgIpc) is 2.75. The molecule has 3 aromatic rings. The van der Waals surface area contributed by atoms with Gasteiger partial charge in [0, 0.05) is 23.5 Å². The van der Waals surface area contributed by atoms with Crippen molar-refractivity contribution in [3.8, 4) is 0 Å². The molecule has 0 unspecified atom stereocenters. The third kappa shape index (κ3) is 0.986. The molecule has 0 atom stereocenters. The van der Waals surface area contributed by atoms with Crippen LogP contribution in [0.3, 0.4) is 0 Å². The lowest BCUT2D eigenvalue weighted by Gasteiger charge is -2.04. The van der Waals surface area contributed by atoms with E-state index in [1.165, 1.54) is 0 Å². The molecular weight excluding hydrogens is 188 g/mol. The van der Waals surface area contributed by atoms with Gasteiger partial charge in [0.15, 0.2) is 0 Å². The first kappa shape index (κ1) is 8.35. The summed E-state index contributed by atoms with van der Waals surface area (Å²) in [5.41, 5.74) is 6.12. The van der Waals surface area contributed by atoms with E-state index in [1.54, 1.807) is 18.7 Å². The highest BCUT2D eigenvalue weighted by molar-refractivity contribution is 5.98. The lowest BCUT2D eigenvalue weighted by atomic mass is 10.1. The first-order chi connectivity index (χ1) is 7.29. The molecule has 15 heavy (non-hydrogen) atoms. The molecule has 1 aromatic carbocycles. The van der Waals surface area contributed by atoms with Crippen LogP contribution in [0.5, 0.6) is 0 Å². The Morgan fingerprint density at radius 3 is 2.27 bits per heavy atom. The molecule has 0 radical (unpaired) electrons. The highest BCUT2D eigenvalue weighted by atomic mass is 14.9. The highest BCUT2D eigenvalue weighted by Gasteiger charge is 2.11. The van der Waals surface area contributed by atoms with Crippen molar-refractivity contribution in [2.45, 2.75) is 13.8 Å². The van der Waals surface area contributed by atoms with Crippen LogP contribution in [0.25, 0.3) is 22.1 Å². The van der Waals surface area contributed by atoms with Crippen LogP contribution in [0.2, 0.25) is 0 Å². The minimum absolute atomic E-state index is 0.939. The van der Waals surface area contributed by atoms with Gasteiger partial charge in [-0.25, -0.2) is 4.98 Å². The van der Waals surface area contributed by atoms with E-state index in [-0.39, 0.29) is 0 Å². The number of benzene rings is 1. The topological polar surface area (TPSA) is 54.5 Å². The Morgan fingerprint density at radius 1 is 0.867 bits per heavy atom. The van der Waals surface area contributed by atoms with E-state index in [0.29, 0.717) is 0 Å². The monoisotopic (exact) mass is 198 g/mol. The molecule has 2 aromatic heterocycles. The van der Waals surface area contributed by atoms with Crippen molar-refractivity contribution in [2.75, 3.05) is 0 Å². The number of nitrogens with one attached hydrogen (secondary N) is 1. The van der Waals surface area contributed by atoms with E-state index in [4.69, 9.17) is 0 Å². The minimum atomic E-state index is 0.939. The molecule has 74 valence electrons. The number of aryl methyl sites for hydroxylation is 2. The Bertz CT molecular complexity index is 599. The molecule has 1 N–H and O–H groups in total. The summed E-state index contributed by atoms with van der Waals surface area (Å²) in [5.74, 6) is 0. The molecule has 0 saturated carbocycles. The standard InChI is InChI=1S/C11H10N4/c1-6-8-9(13-4-3-12-8)7(2)11-10(6)14-5-15-11/h3-5H,1-2H3,(H,14,15). The lowest BCUT2D eigenvalue weighted by Crippen LogP contribution is -1.91. The van der Waals surface area contributed by atoms with E-state index < -0.39 is 0 Å². The summed E-state index contributed by atoms with van der Waals surface area (Å²) in [6, 6.07) is 0. The Hall–Kier alpha value is -1.97. The first-order valence-electron chi connectivity index (χ1n) is 4.82. The molecule has 0 aliphatic heterocycles. The third-order valence-electron chi connectivity index (χ3n) is 2.78. The van der Waals surface area contributed by atoms with E-state index in [1.807, 2.05) is 13.8 Å². The van der Waals surface area contributed by atoms with Crippen LogP contribution >= 0.6 is 0 Å². The molecule has 0 spiro atoms. The van der Waals surface area contributed by atoms with E-state index in [9.17, 15) is 0 Å². The minimum Gasteiger partial charge on any atom is -0.344 e. The molecule has 2 heterocycles. The molecule has 0 fully saturated rings. The van der Waals surface area contributed by atoms with Crippen LogP contribution < -0.4 is 0 Å². The summed E-state index contributed by atoms with van der Waals surface area (Å²) >= 11 is 0. The molecule has 0 amide bonds. The van der Waals surface area contributed by atoms with Crippen molar-refractivity contribution in [2.24, 2.45) is 0 Å². The maximum Gasteiger partial charge on any atom is 0.0941 e. The summed E-state index contributed by atoms with van der Waals surface area (Å²) in [5, 5.41) is 0. The van der Waals surface area contributed by atoms with Gasteiger partial charge in [-0.3, -0.25) is 9.97 Å². The molecule has 0 aliphatic carbocycles. The fourth-order valence-corrected chi connectivity index (χ4v) is 1.98. The van der Waals surface area contributed by atoms with Gasteiger partial charge < -0.3 is 4.98 Å². The molecule has 0 saturated heterocycles. The van der Waals surface area contributed by atoms with E-state index in [2.05, 4.69) is 19.9 Å². The van der Waals surface area contributed by atoms with Crippen molar-refractivity contribution in [3.63, 3.8) is 0 Å². The number of rotatable bonds is 0. The molecule has 4 heteroatoms. The van der Waals surface area contributed by atoms with Gasteiger partial charge in [-0.05, 0) is 13.8 Å². The quantitative estimate of drug-likeness (QED) is 0.602. The van der Waals surface area contributed by atoms with Crippen LogP contribution in [0.4, 0.5) is 0 Å². The fraction of sp³-hybridized carbons (Fsp3) is 0.182. The van der Waals surface area contributed by atoms with Gasteiger partial charge >= 0.3 is 0 Å². The predicted octanol–water partition coefficient (Wildman–Crippen LogP) is 2.12. The summed E-state index contributed by atoms with van der Waals surface area (Å²) in [6.07, 6.45) is 5.15. The van der Waals surface area contributed by atoms with E-state index in [0.717, 1.165) is 33.2 Å². The van der Waals surface area contributed by atoms with Crippen LogP contribution in [0.15, 0.2) is 18.7 Å². The zero-order valence-corrected chi connectivity index (χ0v) is 8.57. The number of nitrogens with zero attached hydrogens (tertiary/aromatic N) is 3. The second-order valence-electron chi connectivity index (χ2n) is 3.63. The predicted molar refractivity (Wildman–Crippen MR) is 58.7 cm³/mol. The SMILES string of the molecule is Cc1c2nccnc2c(C)c2[nH]cnc12. The molecule has 0 aliphatic rings. The third-order valence-corrected chi connectivity index (χ3v) is 2.78. The Morgan fingerprint density at radius 2 is 1.53 bits per heavy atom. The maximum absolute atomic E-state index is 4.36. The van der Waals surface area contributed by atoms with Crippen LogP contribution in [-0.4, -0.2) is 19.9 Å². The van der Waals surface area contributed by atoms with Crippen molar-refractivity contribution in [1.82, 2.24) is 19.9 Å². The highest BCUT2D eigenvalue weighted by Crippen LogP contribution is 2.26. The van der Waals surface area contributed by atoms with E-state index >= 15 is 0 Å². The Labute approximate surface area is 86.4 Å². The smallest absolute Gasteiger partial charge is 0.0941 e. The molecule has 4 nitrogen and oxygen atoms in total. The van der Waals surface area contributed by atoms with Gasteiger partial charge in [-0.2, -0.15) is 0 Å². The maximum atomic E-state index is 4.36. The second kappa shape index (κ2) is 2.76. The largest absolute Gasteiger partial charge is 0.344 e. The summed E-state index contributed by atoms with van der Waals surface area (Å²) in [7, 11) is 0. The van der Waals surface area contributed by atoms with Crippen molar-refractivity contribution < 1.29 is 0 Å². The second-order valence-corrected chi connectivity index (χ2v) is 3.63. The Balaban J connectivity index is 2.69. The van der Waals surface area contributed by atoms with Gasteiger partial charge in [0.05, 0.1) is 28.4 Å². The number of imidazole rings is 1. The average molecular weight is 198 g/mol. The number of aromatic nitrogens is 4. The number of hydrogen-bond donors (Lipinski definition) is 1. The summed E-state index contributed by atoms with van der Waals surface area (Å²) in [4.78, 5) is 16.2. The zero-order valence-electron chi connectivity index (χ0n) is 8.57. The molecule has 0 bridgehead atoms. The number of aromatic amines is 1. The van der Waals surface area contributed by atoms with Crippen LogP contribution in [0.1, 0.15) is 11.1 Å². The fourth-order valence-electron chi connectivity index (χ4n) is 1.98. The zero-order chi connectivity index (χ0) is 10.4. The Kier molecular flexibility index (Phi) is 1.54. The van der Waals surface area contributed by atoms with Gasteiger partial charge in [0.25, 0.3) is 0 Å². The van der Waals surface area contributed by atoms with Crippen LogP contribution in [0, 0.1) is 13.8 Å². The lowest BCUT2D eigenvalue weighted by molar-refractivity contribution is 1.26. The number of fused-ring (bicyclic) bond motifs is 2. The van der Waals surface area contributed by atoms with Gasteiger partial charge in [-0.15, -0.1) is 0 Å². The van der Waals surface area contributed by atoms with Crippen LogP contribution in [-0.2, 0) is 0 Å². The van der Waals surface area contributed by atoms with Gasteiger partial charge in [0.2, 0.25) is 0 Å². The van der Waals surface area contributed by atoms with Gasteiger partial charge in [0.1, 0.15) is 0 Å². The summed E-state index contributed by atoms with van der Waals surface area (Å²) in [6.45, 7) is 4.07. The summed E-state index contributed by atoms with van der Waals surface area (Å²) < 4.78 is 0. The number of H-pyrrole nitrogens is 1. The van der Waals surface area contributed by atoms with Crippen molar-refractivity contribution in [3.05, 3.63) is 29.8 Å². The van der Waals surface area contributed by atoms with Crippen molar-refractivity contribution in [1.29, 1.82) is 0 Å². The van der Waals surface area contributed by atoms with Gasteiger partial charge in [-0.1, -0.05) is 0 Å². The molecule has 3 rings (SSSR count). The first-order valence-corrected chi connectivity index (χ1v) is 4.82. The van der Waals surface area contributed by atoms with Crippen molar-refractivity contribution >= 4 is 22.1 Å². The number of hydrogen-bond acceptors (Lipinski definition) is 3. The normalized spacial score (nSPS) is 11.3.